The summed E-state index contributed by atoms with van der Waals surface area (Å²) in [4.78, 5) is 16.3. The topological polar surface area (TPSA) is 34.9 Å². The quantitative estimate of drug-likeness (QED) is 0.635. The molecule has 3 rings (SSSR count). The zero-order valence-corrected chi connectivity index (χ0v) is 11.1. The van der Waals surface area contributed by atoms with Crippen molar-refractivity contribution in [2.75, 3.05) is 0 Å². The van der Waals surface area contributed by atoms with Crippen LogP contribution in [-0.4, -0.2) is 9.55 Å². The Labute approximate surface area is 114 Å². The molecular formula is C15H10N2OS. The molecule has 0 saturated heterocycles. The number of thiazole rings is 1. The van der Waals surface area contributed by atoms with Crippen molar-refractivity contribution in [1.82, 2.24) is 9.55 Å². The SMILES string of the molecule is CC#Cn1c(=O)ccc2sc(-c3ccccc3)nc21. The van der Waals surface area contributed by atoms with Crippen LogP contribution in [0, 0.1) is 12.0 Å². The van der Waals surface area contributed by atoms with Crippen LogP contribution in [0.3, 0.4) is 0 Å². The Balaban J connectivity index is 2.29. The number of hydrogen-bond acceptors (Lipinski definition) is 3. The lowest BCUT2D eigenvalue weighted by molar-refractivity contribution is 1.07. The molecule has 0 atom stereocenters. The third-order valence-electron chi connectivity index (χ3n) is 2.69. The molecule has 0 aliphatic heterocycles. The molecule has 19 heavy (non-hydrogen) atoms. The zero-order chi connectivity index (χ0) is 13.2. The molecule has 0 unspecified atom stereocenters. The van der Waals surface area contributed by atoms with E-state index < -0.39 is 0 Å². The van der Waals surface area contributed by atoms with Gasteiger partial charge in [0.15, 0.2) is 5.65 Å². The fraction of sp³-hybridized carbons (Fsp3) is 0.0667. The van der Waals surface area contributed by atoms with E-state index in [0.29, 0.717) is 5.65 Å². The van der Waals surface area contributed by atoms with Gasteiger partial charge in [0, 0.05) is 17.7 Å². The molecule has 0 saturated carbocycles. The van der Waals surface area contributed by atoms with E-state index >= 15 is 0 Å². The highest BCUT2D eigenvalue weighted by Gasteiger charge is 2.09. The Morgan fingerprint density at radius 2 is 1.95 bits per heavy atom. The summed E-state index contributed by atoms with van der Waals surface area (Å²) in [6, 6.07) is 16.0. The maximum atomic E-state index is 11.8. The van der Waals surface area contributed by atoms with Gasteiger partial charge in [-0.05, 0) is 13.0 Å². The standard InChI is InChI=1S/C15H10N2OS/c1-2-10-17-13(18)9-8-12-14(17)16-15(19-12)11-6-4-3-5-7-11/h3-9H,1H3. The lowest BCUT2D eigenvalue weighted by Gasteiger charge is -1.95. The monoisotopic (exact) mass is 266 g/mol. The van der Waals surface area contributed by atoms with Crippen molar-refractivity contribution in [3.63, 3.8) is 0 Å². The average Bonchev–Trinajstić information content (AvgIpc) is 2.87. The van der Waals surface area contributed by atoms with Gasteiger partial charge in [-0.15, -0.1) is 11.3 Å². The largest absolute Gasteiger partial charge is 0.268 e. The average molecular weight is 266 g/mol. The molecule has 1 aromatic carbocycles. The minimum absolute atomic E-state index is 0.147. The first-order valence-electron chi connectivity index (χ1n) is 5.80. The van der Waals surface area contributed by atoms with Gasteiger partial charge in [-0.2, -0.15) is 0 Å². The summed E-state index contributed by atoms with van der Waals surface area (Å²) in [6.07, 6.45) is 0. The van der Waals surface area contributed by atoms with Crippen molar-refractivity contribution < 1.29 is 0 Å². The zero-order valence-electron chi connectivity index (χ0n) is 10.3. The van der Waals surface area contributed by atoms with Gasteiger partial charge in [-0.25, -0.2) is 9.55 Å². The van der Waals surface area contributed by atoms with Crippen LogP contribution in [0.1, 0.15) is 6.92 Å². The molecule has 0 radical (unpaired) electrons. The molecule has 2 heterocycles. The first kappa shape index (κ1) is 11.7. The Bertz CT molecular complexity index is 850. The number of rotatable bonds is 1. The van der Waals surface area contributed by atoms with Gasteiger partial charge < -0.3 is 0 Å². The number of fused-ring (bicyclic) bond motifs is 1. The Hall–Kier alpha value is -2.38. The van der Waals surface area contributed by atoms with Crippen molar-refractivity contribution in [2.45, 2.75) is 6.92 Å². The molecule has 0 fully saturated rings. The van der Waals surface area contributed by atoms with Crippen LogP contribution in [0.5, 0.6) is 0 Å². The van der Waals surface area contributed by atoms with Crippen LogP contribution in [0.15, 0.2) is 47.3 Å². The van der Waals surface area contributed by atoms with Crippen molar-refractivity contribution in [3.05, 3.63) is 52.8 Å². The van der Waals surface area contributed by atoms with Crippen LogP contribution < -0.4 is 5.56 Å². The van der Waals surface area contributed by atoms with E-state index in [9.17, 15) is 4.79 Å². The maximum absolute atomic E-state index is 11.8. The molecule has 0 aliphatic carbocycles. The van der Waals surface area contributed by atoms with E-state index in [1.54, 1.807) is 24.3 Å². The lowest BCUT2D eigenvalue weighted by atomic mass is 10.2. The Kier molecular flexibility index (Phi) is 2.90. The van der Waals surface area contributed by atoms with Gasteiger partial charge in [-0.3, -0.25) is 4.79 Å². The molecule has 3 aromatic rings. The smallest absolute Gasteiger partial charge is 0.264 e. The highest BCUT2D eigenvalue weighted by molar-refractivity contribution is 7.21. The molecule has 3 nitrogen and oxygen atoms in total. The fourth-order valence-corrected chi connectivity index (χ4v) is 2.80. The van der Waals surface area contributed by atoms with E-state index in [1.807, 2.05) is 30.3 Å². The summed E-state index contributed by atoms with van der Waals surface area (Å²) in [5.74, 6) is 2.74. The van der Waals surface area contributed by atoms with Gasteiger partial charge >= 0.3 is 0 Å². The summed E-state index contributed by atoms with van der Waals surface area (Å²) in [5.41, 5.74) is 1.53. The predicted molar refractivity (Wildman–Crippen MR) is 78.2 cm³/mol. The van der Waals surface area contributed by atoms with Crippen LogP contribution in [0.25, 0.3) is 20.9 Å². The number of aromatic nitrogens is 2. The van der Waals surface area contributed by atoms with Gasteiger partial charge in [0.05, 0.1) is 4.70 Å². The molecule has 0 bridgehead atoms. The van der Waals surface area contributed by atoms with Crippen molar-refractivity contribution in [2.24, 2.45) is 0 Å². The molecular weight excluding hydrogens is 256 g/mol. The Morgan fingerprint density at radius 1 is 1.16 bits per heavy atom. The van der Waals surface area contributed by atoms with E-state index in [1.165, 1.54) is 10.6 Å². The second kappa shape index (κ2) is 4.71. The summed E-state index contributed by atoms with van der Waals surface area (Å²) in [6.45, 7) is 1.70. The molecule has 0 aliphatic rings. The van der Waals surface area contributed by atoms with Gasteiger partial charge in [-0.1, -0.05) is 36.3 Å². The molecule has 0 spiro atoms. The van der Waals surface area contributed by atoms with Crippen molar-refractivity contribution in [3.8, 4) is 22.5 Å². The maximum Gasteiger partial charge on any atom is 0.264 e. The van der Waals surface area contributed by atoms with Crippen molar-refractivity contribution >= 4 is 21.7 Å². The lowest BCUT2D eigenvalue weighted by Crippen LogP contribution is -2.15. The van der Waals surface area contributed by atoms with Gasteiger partial charge in [0.25, 0.3) is 5.56 Å². The van der Waals surface area contributed by atoms with Crippen LogP contribution in [0.2, 0.25) is 0 Å². The summed E-state index contributed by atoms with van der Waals surface area (Å²) in [5, 5.41) is 0.896. The Morgan fingerprint density at radius 3 is 2.68 bits per heavy atom. The summed E-state index contributed by atoms with van der Waals surface area (Å²) >= 11 is 1.56. The van der Waals surface area contributed by atoms with Crippen LogP contribution in [-0.2, 0) is 0 Å². The van der Waals surface area contributed by atoms with Crippen LogP contribution in [0.4, 0.5) is 0 Å². The first-order valence-corrected chi connectivity index (χ1v) is 6.62. The van der Waals surface area contributed by atoms with E-state index in [4.69, 9.17) is 0 Å². The minimum atomic E-state index is -0.147. The number of hydrogen-bond donors (Lipinski definition) is 0. The number of pyridine rings is 1. The van der Waals surface area contributed by atoms with E-state index in [-0.39, 0.29) is 5.56 Å². The highest BCUT2D eigenvalue weighted by atomic mass is 32.1. The van der Waals surface area contributed by atoms with E-state index in [2.05, 4.69) is 16.9 Å². The summed E-state index contributed by atoms with van der Waals surface area (Å²) in [7, 11) is 0. The fourth-order valence-electron chi connectivity index (χ4n) is 1.84. The number of benzene rings is 1. The highest BCUT2D eigenvalue weighted by Crippen LogP contribution is 2.28. The second-order valence-corrected chi connectivity index (χ2v) is 4.97. The molecule has 2 aromatic heterocycles. The molecule has 0 N–H and O–H groups in total. The first-order chi connectivity index (χ1) is 9.29. The van der Waals surface area contributed by atoms with E-state index in [0.717, 1.165) is 15.3 Å². The molecule has 4 heteroatoms. The minimum Gasteiger partial charge on any atom is -0.268 e. The molecule has 0 amide bonds. The molecule has 92 valence electrons. The van der Waals surface area contributed by atoms with Gasteiger partial charge in [0.1, 0.15) is 5.01 Å². The van der Waals surface area contributed by atoms with Gasteiger partial charge in [0.2, 0.25) is 0 Å². The second-order valence-electron chi connectivity index (χ2n) is 3.94. The van der Waals surface area contributed by atoms with Crippen molar-refractivity contribution in [1.29, 1.82) is 0 Å². The predicted octanol–water partition coefficient (Wildman–Crippen LogP) is 2.95. The third-order valence-corrected chi connectivity index (χ3v) is 3.75. The normalized spacial score (nSPS) is 10.2. The van der Waals surface area contributed by atoms with Crippen LogP contribution >= 0.6 is 11.3 Å². The summed E-state index contributed by atoms with van der Waals surface area (Å²) < 4.78 is 2.36. The number of nitrogens with zero attached hydrogens (tertiary/aromatic N) is 2. The third kappa shape index (κ3) is 2.05.